The summed E-state index contributed by atoms with van der Waals surface area (Å²) in [5.74, 6) is -1.11. The van der Waals surface area contributed by atoms with Crippen LogP contribution in [0.5, 0.6) is 0 Å². The summed E-state index contributed by atoms with van der Waals surface area (Å²) in [6.07, 6.45) is 3.76. The molecule has 1 aliphatic carbocycles. The van der Waals surface area contributed by atoms with Gasteiger partial charge in [-0.2, -0.15) is 0 Å². The summed E-state index contributed by atoms with van der Waals surface area (Å²) in [6.45, 7) is 3.94. The first kappa shape index (κ1) is 16.2. The highest BCUT2D eigenvalue weighted by Crippen LogP contribution is 2.30. The van der Waals surface area contributed by atoms with Crippen LogP contribution in [-0.2, 0) is 9.59 Å². The number of rotatable bonds is 4. The van der Waals surface area contributed by atoms with Gasteiger partial charge >= 0.3 is 5.97 Å². The molecule has 21 heavy (non-hydrogen) atoms. The molecule has 2 rings (SSSR count). The van der Waals surface area contributed by atoms with E-state index in [-0.39, 0.29) is 24.3 Å². The maximum absolute atomic E-state index is 12.6. The fraction of sp³-hybridized carbons (Fsp3) is 0.867. The minimum absolute atomic E-state index is 0.121. The first-order valence-electron chi connectivity index (χ1n) is 7.96. The molecule has 0 aromatic carbocycles. The lowest BCUT2D eigenvalue weighted by Gasteiger charge is -2.30. The third-order valence-corrected chi connectivity index (χ3v) is 4.69. The molecule has 0 spiro atoms. The van der Waals surface area contributed by atoms with Crippen molar-refractivity contribution in [2.45, 2.75) is 32.1 Å². The molecule has 1 saturated heterocycles. The number of aliphatic carboxylic acids is 1. The second-order valence-electron chi connectivity index (χ2n) is 6.14. The number of hydrogen-bond acceptors (Lipinski definition) is 4. The fourth-order valence-electron chi connectivity index (χ4n) is 3.45. The van der Waals surface area contributed by atoms with Gasteiger partial charge in [-0.25, -0.2) is 0 Å². The van der Waals surface area contributed by atoms with Crippen LogP contribution in [0.2, 0.25) is 0 Å². The summed E-state index contributed by atoms with van der Waals surface area (Å²) in [5.41, 5.74) is 0. The monoisotopic (exact) mass is 298 g/mol. The quantitative estimate of drug-likeness (QED) is 0.785. The molecule has 2 aliphatic rings. The predicted molar refractivity (Wildman–Crippen MR) is 77.8 cm³/mol. The van der Waals surface area contributed by atoms with Crippen LogP contribution in [0.1, 0.15) is 32.1 Å². The Morgan fingerprint density at radius 3 is 2.48 bits per heavy atom. The van der Waals surface area contributed by atoms with E-state index in [1.54, 1.807) is 0 Å². The average molecular weight is 298 g/mol. The number of aliphatic hydroxyl groups is 1. The fourth-order valence-corrected chi connectivity index (χ4v) is 3.45. The van der Waals surface area contributed by atoms with Crippen molar-refractivity contribution in [3.05, 3.63) is 0 Å². The second kappa shape index (κ2) is 7.75. The summed E-state index contributed by atoms with van der Waals surface area (Å²) in [7, 11) is 0. The summed E-state index contributed by atoms with van der Waals surface area (Å²) in [6, 6.07) is 0. The van der Waals surface area contributed by atoms with Gasteiger partial charge in [-0.15, -0.1) is 0 Å². The first-order chi connectivity index (χ1) is 10.1. The van der Waals surface area contributed by atoms with E-state index < -0.39 is 5.97 Å². The Labute approximate surface area is 125 Å². The normalized spacial score (nSPS) is 28.1. The molecule has 1 amide bonds. The van der Waals surface area contributed by atoms with Gasteiger partial charge in [-0.3, -0.25) is 14.5 Å². The molecular formula is C15H26N2O4. The molecule has 120 valence electrons. The first-order valence-corrected chi connectivity index (χ1v) is 7.96. The van der Waals surface area contributed by atoms with Gasteiger partial charge in [0.15, 0.2) is 0 Å². The summed E-state index contributed by atoms with van der Waals surface area (Å²) in [4.78, 5) is 27.8. The van der Waals surface area contributed by atoms with Crippen molar-refractivity contribution in [3.63, 3.8) is 0 Å². The van der Waals surface area contributed by atoms with Gasteiger partial charge in [0.1, 0.15) is 0 Å². The van der Waals surface area contributed by atoms with Crippen molar-refractivity contribution in [1.82, 2.24) is 9.80 Å². The van der Waals surface area contributed by atoms with Gasteiger partial charge in [-0.1, -0.05) is 6.42 Å². The van der Waals surface area contributed by atoms with Crippen LogP contribution in [-0.4, -0.2) is 71.2 Å². The summed E-state index contributed by atoms with van der Waals surface area (Å²) < 4.78 is 0. The topological polar surface area (TPSA) is 81.1 Å². The Kier molecular flexibility index (Phi) is 5.99. The van der Waals surface area contributed by atoms with Crippen LogP contribution in [0.15, 0.2) is 0 Å². The van der Waals surface area contributed by atoms with E-state index in [1.807, 2.05) is 4.90 Å². The van der Waals surface area contributed by atoms with E-state index in [0.29, 0.717) is 25.9 Å². The number of β-amino-alcohol motifs (C(OH)–C–C–N with tert-alkyl or cyclic N) is 1. The molecule has 2 N–H and O–H groups in total. The number of amides is 1. The highest BCUT2D eigenvalue weighted by atomic mass is 16.4. The standard InChI is InChI=1S/C15H26N2O4/c18-10-9-16-5-2-6-17(8-7-16)14(19)12-3-1-4-13(11-12)15(20)21/h12-13,18H,1-11H2,(H,20,21). The lowest BCUT2D eigenvalue weighted by molar-refractivity contribution is -0.145. The molecule has 1 saturated carbocycles. The van der Waals surface area contributed by atoms with Crippen molar-refractivity contribution < 1.29 is 19.8 Å². The largest absolute Gasteiger partial charge is 0.481 e. The Morgan fingerprint density at radius 1 is 1.00 bits per heavy atom. The van der Waals surface area contributed by atoms with Gasteiger partial charge in [0.05, 0.1) is 12.5 Å². The number of carbonyl (C=O) groups excluding carboxylic acids is 1. The van der Waals surface area contributed by atoms with Crippen LogP contribution in [0.3, 0.4) is 0 Å². The van der Waals surface area contributed by atoms with Crippen LogP contribution < -0.4 is 0 Å². The lowest BCUT2D eigenvalue weighted by Crippen LogP contribution is -2.41. The Hall–Kier alpha value is -1.14. The Morgan fingerprint density at radius 2 is 1.76 bits per heavy atom. The molecular weight excluding hydrogens is 272 g/mol. The van der Waals surface area contributed by atoms with Crippen molar-refractivity contribution >= 4 is 11.9 Å². The van der Waals surface area contributed by atoms with Gasteiger partial charge in [0.2, 0.25) is 5.91 Å². The Bertz CT molecular complexity index is 375. The molecule has 0 radical (unpaired) electrons. The summed E-state index contributed by atoms with van der Waals surface area (Å²) in [5, 5.41) is 18.1. The summed E-state index contributed by atoms with van der Waals surface area (Å²) >= 11 is 0. The molecule has 2 atom stereocenters. The van der Waals surface area contributed by atoms with E-state index in [4.69, 9.17) is 10.2 Å². The predicted octanol–water partition coefficient (Wildman–Crippen LogP) is 0.404. The van der Waals surface area contributed by atoms with E-state index >= 15 is 0 Å². The van der Waals surface area contributed by atoms with E-state index in [2.05, 4.69) is 4.90 Å². The van der Waals surface area contributed by atoms with Crippen LogP contribution in [0, 0.1) is 11.8 Å². The highest BCUT2D eigenvalue weighted by Gasteiger charge is 2.33. The smallest absolute Gasteiger partial charge is 0.306 e. The minimum Gasteiger partial charge on any atom is -0.481 e. The van der Waals surface area contributed by atoms with Crippen LogP contribution in [0.4, 0.5) is 0 Å². The van der Waals surface area contributed by atoms with Crippen molar-refractivity contribution in [3.8, 4) is 0 Å². The number of aliphatic hydroxyl groups excluding tert-OH is 1. The SMILES string of the molecule is O=C(O)C1CCCC(C(=O)N2CCCN(CCO)CC2)C1. The van der Waals surface area contributed by atoms with Crippen molar-refractivity contribution in [1.29, 1.82) is 0 Å². The van der Waals surface area contributed by atoms with Gasteiger partial charge < -0.3 is 15.1 Å². The van der Waals surface area contributed by atoms with E-state index in [1.165, 1.54) is 0 Å². The average Bonchev–Trinajstić information content (AvgIpc) is 2.73. The molecule has 0 aromatic rings. The van der Waals surface area contributed by atoms with E-state index in [0.717, 1.165) is 38.9 Å². The molecule has 0 aromatic heterocycles. The zero-order chi connectivity index (χ0) is 15.2. The molecule has 6 nitrogen and oxygen atoms in total. The zero-order valence-corrected chi connectivity index (χ0v) is 12.5. The van der Waals surface area contributed by atoms with Crippen LogP contribution >= 0.6 is 0 Å². The lowest BCUT2D eigenvalue weighted by atomic mass is 9.80. The number of carboxylic acid groups (broad SMARTS) is 1. The number of carbonyl (C=O) groups is 2. The van der Waals surface area contributed by atoms with Crippen molar-refractivity contribution in [2.24, 2.45) is 11.8 Å². The molecule has 0 bridgehead atoms. The molecule has 6 heteroatoms. The molecule has 1 heterocycles. The Balaban J connectivity index is 1.88. The number of carboxylic acids is 1. The second-order valence-corrected chi connectivity index (χ2v) is 6.14. The number of nitrogens with zero attached hydrogens (tertiary/aromatic N) is 2. The highest BCUT2D eigenvalue weighted by molar-refractivity contribution is 5.80. The van der Waals surface area contributed by atoms with E-state index in [9.17, 15) is 9.59 Å². The maximum atomic E-state index is 12.6. The third-order valence-electron chi connectivity index (χ3n) is 4.69. The molecule has 2 fully saturated rings. The minimum atomic E-state index is -0.766. The molecule has 2 unspecified atom stereocenters. The van der Waals surface area contributed by atoms with Crippen molar-refractivity contribution in [2.75, 3.05) is 39.3 Å². The molecule has 1 aliphatic heterocycles. The van der Waals surface area contributed by atoms with Gasteiger partial charge in [-0.05, 0) is 32.2 Å². The number of hydrogen-bond donors (Lipinski definition) is 2. The zero-order valence-electron chi connectivity index (χ0n) is 12.5. The third kappa shape index (κ3) is 4.41. The van der Waals surface area contributed by atoms with Crippen LogP contribution in [0.25, 0.3) is 0 Å². The maximum Gasteiger partial charge on any atom is 0.306 e. The van der Waals surface area contributed by atoms with Gasteiger partial charge in [0.25, 0.3) is 0 Å². The van der Waals surface area contributed by atoms with Gasteiger partial charge in [0, 0.05) is 32.1 Å².